The summed E-state index contributed by atoms with van der Waals surface area (Å²) >= 11 is 1.30. The van der Waals surface area contributed by atoms with E-state index in [0.717, 1.165) is 17.5 Å². The zero-order valence-corrected chi connectivity index (χ0v) is 15.5. The van der Waals surface area contributed by atoms with Gasteiger partial charge in [0.2, 0.25) is 5.91 Å². The Morgan fingerprint density at radius 1 is 1.38 bits per heavy atom. The number of aromatic nitrogens is 2. The number of thioether (sulfide) groups is 1. The van der Waals surface area contributed by atoms with Crippen LogP contribution in [0.15, 0.2) is 16.0 Å². The fourth-order valence-electron chi connectivity index (χ4n) is 4.26. The molecule has 2 bridgehead atoms. The summed E-state index contributed by atoms with van der Waals surface area (Å²) in [4.78, 5) is 31.0. The molecule has 0 aliphatic heterocycles. The molecule has 2 N–H and O–H groups in total. The van der Waals surface area contributed by atoms with E-state index in [2.05, 4.69) is 22.2 Å². The van der Waals surface area contributed by atoms with Crippen LogP contribution in [0.3, 0.4) is 0 Å². The molecule has 2 saturated carbocycles. The molecule has 1 aromatic rings. The molecule has 0 aromatic carbocycles. The van der Waals surface area contributed by atoms with E-state index in [4.69, 9.17) is 0 Å². The first-order chi connectivity index (χ1) is 11.4. The van der Waals surface area contributed by atoms with Crippen molar-refractivity contribution >= 4 is 17.7 Å². The van der Waals surface area contributed by atoms with E-state index in [-0.39, 0.29) is 29.2 Å². The van der Waals surface area contributed by atoms with Crippen molar-refractivity contribution in [2.75, 3.05) is 5.75 Å². The predicted octanol–water partition coefficient (Wildman–Crippen LogP) is 2.93. The van der Waals surface area contributed by atoms with Gasteiger partial charge in [-0.15, -0.1) is 0 Å². The maximum absolute atomic E-state index is 12.2. The van der Waals surface area contributed by atoms with Crippen LogP contribution in [-0.2, 0) is 4.79 Å². The van der Waals surface area contributed by atoms with E-state index in [1.807, 2.05) is 13.8 Å². The van der Waals surface area contributed by atoms with Gasteiger partial charge in [0.15, 0.2) is 5.16 Å². The van der Waals surface area contributed by atoms with Gasteiger partial charge < -0.3 is 10.3 Å². The van der Waals surface area contributed by atoms with E-state index in [9.17, 15) is 9.59 Å². The second-order valence-electron chi connectivity index (χ2n) is 7.61. The lowest BCUT2D eigenvalue weighted by Gasteiger charge is -2.28. The summed E-state index contributed by atoms with van der Waals surface area (Å²) in [5, 5.41) is 3.67. The van der Waals surface area contributed by atoms with Crippen LogP contribution in [0, 0.1) is 17.8 Å². The molecule has 1 aromatic heterocycles. The molecule has 132 valence electrons. The Labute approximate surface area is 147 Å². The van der Waals surface area contributed by atoms with E-state index >= 15 is 0 Å². The molecule has 4 atom stereocenters. The quantitative estimate of drug-likeness (QED) is 0.612. The number of carbonyl (C=O) groups excluding carboxylic acids is 1. The van der Waals surface area contributed by atoms with Crippen molar-refractivity contribution < 1.29 is 4.79 Å². The van der Waals surface area contributed by atoms with E-state index in [0.29, 0.717) is 11.1 Å². The molecule has 0 saturated heterocycles. The van der Waals surface area contributed by atoms with E-state index in [1.54, 1.807) is 0 Å². The first kappa shape index (κ1) is 17.5. The third kappa shape index (κ3) is 4.02. The van der Waals surface area contributed by atoms with Gasteiger partial charge in [-0.25, -0.2) is 4.98 Å². The van der Waals surface area contributed by atoms with Gasteiger partial charge in [-0.2, -0.15) is 0 Å². The SMILES string of the molecule is CC(C)c1cc(=O)[nH]c(SCC(=O)NC(C)C2CC3CCC2C3)n1. The average molecular weight is 350 g/mol. The van der Waals surface area contributed by atoms with Gasteiger partial charge in [0.25, 0.3) is 5.56 Å². The van der Waals surface area contributed by atoms with Crippen LogP contribution in [0.25, 0.3) is 0 Å². The van der Waals surface area contributed by atoms with Gasteiger partial charge in [0.1, 0.15) is 0 Å². The fourth-order valence-corrected chi connectivity index (χ4v) is 4.95. The maximum Gasteiger partial charge on any atom is 0.251 e. The summed E-state index contributed by atoms with van der Waals surface area (Å²) in [6.07, 6.45) is 5.33. The fraction of sp³-hybridized carbons (Fsp3) is 0.722. The number of hydrogen-bond donors (Lipinski definition) is 2. The molecule has 2 aliphatic carbocycles. The molecular weight excluding hydrogens is 322 g/mol. The summed E-state index contributed by atoms with van der Waals surface area (Å²) in [6, 6.07) is 1.76. The summed E-state index contributed by atoms with van der Waals surface area (Å²) in [6.45, 7) is 6.13. The van der Waals surface area contributed by atoms with Gasteiger partial charge in [0.05, 0.1) is 11.4 Å². The topological polar surface area (TPSA) is 74.8 Å². The maximum atomic E-state index is 12.2. The number of aromatic amines is 1. The van der Waals surface area contributed by atoms with Crippen LogP contribution >= 0.6 is 11.8 Å². The molecule has 3 rings (SSSR count). The molecular formula is C18H27N3O2S. The first-order valence-corrected chi connectivity index (χ1v) is 9.94. The molecule has 1 amide bonds. The smallest absolute Gasteiger partial charge is 0.251 e. The van der Waals surface area contributed by atoms with Crippen LogP contribution in [0.5, 0.6) is 0 Å². The van der Waals surface area contributed by atoms with Gasteiger partial charge in [0, 0.05) is 12.1 Å². The normalized spacial score (nSPS) is 26.8. The Morgan fingerprint density at radius 2 is 2.17 bits per heavy atom. The molecule has 0 radical (unpaired) electrons. The Hall–Kier alpha value is -1.30. The zero-order chi connectivity index (χ0) is 17.3. The standard InChI is InChI=1S/C18H27N3O2S/c1-10(2)15-8-16(22)21-18(20-15)24-9-17(23)19-11(3)14-7-12-4-5-13(14)6-12/h8,10-14H,4-7,9H2,1-3H3,(H,19,23)(H,20,21,22). The van der Waals surface area contributed by atoms with Crippen molar-refractivity contribution in [1.29, 1.82) is 0 Å². The van der Waals surface area contributed by atoms with Crippen molar-refractivity contribution in [2.45, 2.75) is 63.6 Å². The lowest BCUT2D eigenvalue weighted by atomic mass is 9.84. The Balaban J connectivity index is 1.51. The van der Waals surface area contributed by atoms with Crippen molar-refractivity contribution in [1.82, 2.24) is 15.3 Å². The minimum Gasteiger partial charge on any atom is -0.353 e. The highest BCUT2D eigenvalue weighted by atomic mass is 32.2. The summed E-state index contributed by atoms with van der Waals surface area (Å²) in [7, 11) is 0. The Bertz CT molecular complexity index is 658. The molecule has 1 heterocycles. The summed E-state index contributed by atoms with van der Waals surface area (Å²) in [5.41, 5.74) is 0.601. The number of hydrogen-bond acceptors (Lipinski definition) is 4. The second kappa shape index (κ2) is 7.30. The number of amides is 1. The average Bonchev–Trinajstić information content (AvgIpc) is 3.15. The van der Waals surface area contributed by atoms with Crippen molar-refractivity contribution in [2.24, 2.45) is 17.8 Å². The molecule has 4 unspecified atom stereocenters. The van der Waals surface area contributed by atoms with Gasteiger partial charge in [-0.05, 0) is 49.9 Å². The van der Waals surface area contributed by atoms with Gasteiger partial charge in [-0.3, -0.25) is 9.59 Å². The number of nitrogens with zero attached hydrogens (tertiary/aromatic N) is 1. The van der Waals surface area contributed by atoms with E-state index in [1.165, 1.54) is 43.5 Å². The first-order valence-electron chi connectivity index (χ1n) is 8.95. The molecule has 2 fully saturated rings. The van der Waals surface area contributed by atoms with Crippen LogP contribution in [-0.4, -0.2) is 27.7 Å². The predicted molar refractivity (Wildman–Crippen MR) is 96.2 cm³/mol. The number of fused-ring (bicyclic) bond motifs is 2. The lowest BCUT2D eigenvalue weighted by Crippen LogP contribution is -2.41. The molecule has 6 heteroatoms. The van der Waals surface area contributed by atoms with Crippen LogP contribution < -0.4 is 10.9 Å². The largest absolute Gasteiger partial charge is 0.353 e. The van der Waals surface area contributed by atoms with Crippen LogP contribution in [0.4, 0.5) is 0 Å². The highest BCUT2D eigenvalue weighted by molar-refractivity contribution is 7.99. The minimum atomic E-state index is -0.160. The molecule has 2 aliphatic rings. The number of H-pyrrole nitrogens is 1. The zero-order valence-electron chi connectivity index (χ0n) is 14.7. The summed E-state index contributed by atoms with van der Waals surface area (Å²) < 4.78 is 0. The number of carbonyl (C=O) groups is 1. The van der Waals surface area contributed by atoms with Crippen LogP contribution in [0.1, 0.15) is 58.1 Å². The second-order valence-corrected chi connectivity index (χ2v) is 8.58. The van der Waals surface area contributed by atoms with Gasteiger partial charge >= 0.3 is 0 Å². The van der Waals surface area contributed by atoms with Crippen LogP contribution in [0.2, 0.25) is 0 Å². The summed E-state index contributed by atoms with van der Waals surface area (Å²) in [5.74, 6) is 2.84. The minimum absolute atomic E-state index is 0.0212. The molecule has 0 spiro atoms. The third-order valence-electron chi connectivity index (χ3n) is 5.49. The van der Waals surface area contributed by atoms with E-state index < -0.39 is 0 Å². The number of nitrogens with one attached hydrogen (secondary N) is 2. The highest BCUT2D eigenvalue weighted by Gasteiger charge is 2.42. The molecule has 24 heavy (non-hydrogen) atoms. The van der Waals surface area contributed by atoms with Crippen molar-refractivity contribution in [3.05, 3.63) is 22.1 Å². The van der Waals surface area contributed by atoms with Gasteiger partial charge in [-0.1, -0.05) is 32.0 Å². The lowest BCUT2D eigenvalue weighted by molar-refractivity contribution is -0.119. The molecule has 5 nitrogen and oxygen atoms in total. The Morgan fingerprint density at radius 3 is 2.79 bits per heavy atom. The number of rotatable bonds is 6. The van der Waals surface area contributed by atoms with Crippen molar-refractivity contribution in [3.8, 4) is 0 Å². The third-order valence-corrected chi connectivity index (χ3v) is 6.37. The van der Waals surface area contributed by atoms with Crippen molar-refractivity contribution in [3.63, 3.8) is 0 Å². The monoisotopic (exact) mass is 349 g/mol. The Kier molecular flexibility index (Phi) is 5.33. The highest BCUT2D eigenvalue weighted by Crippen LogP contribution is 2.49.